The summed E-state index contributed by atoms with van der Waals surface area (Å²) in [6.07, 6.45) is 7.89. The Bertz CT molecular complexity index is 572. The lowest BCUT2D eigenvalue weighted by molar-refractivity contribution is -0.137. The SMILES string of the molecule is C[C@]12CCCN1C(=O)N([C@H]1CCN(C(=O)C3CCCCC3)C1)C2=O. The Kier molecular flexibility index (Phi) is 3.81. The van der Waals surface area contributed by atoms with Crippen LogP contribution in [0.3, 0.4) is 0 Å². The molecule has 3 aliphatic heterocycles. The van der Waals surface area contributed by atoms with Crippen LogP contribution in [0.5, 0.6) is 0 Å². The third-order valence-electron chi connectivity index (χ3n) is 6.55. The van der Waals surface area contributed by atoms with E-state index in [9.17, 15) is 14.4 Å². The predicted molar refractivity (Wildman–Crippen MR) is 88.1 cm³/mol. The molecule has 1 aliphatic carbocycles. The third-order valence-corrected chi connectivity index (χ3v) is 6.55. The highest BCUT2D eigenvalue weighted by Crippen LogP contribution is 2.39. The lowest BCUT2D eigenvalue weighted by Crippen LogP contribution is -2.46. The van der Waals surface area contributed by atoms with Gasteiger partial charge in [0.2, 0.25) is 5.91 Å². The average Bonchev–Trinajstić information content (AvgIpc) is 3.26. The number of urea groups is 1. The first-order valence-electron chi connectivity index (χ1n) is 9.46. The summed E-state index contributed by atoms with van der Waals surface area (Å²) in [4.78, 5) is 43.3. The molecule has 2 atom stereocenters. The van der Waals surface area contributed by atoms with Crippen molar-refractivity contribution in [3.63, 3.8) is 0 Å². The second-order valence-corrected chi connectivity index (χ2v) is 8.05. The molecule has 0 spiro atoms. The molecule has 6 heteroatoms. The zero-order valence-electron chi connectivity index (χ0n) is 14.5. The van der Waals surface area contributed by atoms with Gasteiger partial charge in [-0.05, 0) is 39.0 Å². The van der Waals surface area contributed by atoms with E-state index in [4.69, 9.17) is 0 Å². The maximum atomic E-state index is 12.8. The van der Waals surface area contributed by atoms with Gasteiger partial charge in [0.15, 0.2) is 0 Å². The van der Waals surface area contributed by atoms with Gasteiger partial charge in [-0.2, -0.15) is 0 Å². The first-order valence-corrected chi connectivity index (χ1v) is 9.46. The minimum Gasteiger partial charge on any atom is -0.340 e. The molecule has 4 amide bonds. The molecule has 0 radical (unpaired) electrons. The van der Waals surface area contributed by atoms with Crippen molar-refractivity contribution < 1.29 is 14.4 Å². The van der Waals surface area contributed by atoms with E-state index >= 15 is 0 Å². The molecule has 4 fully saturated rings. The smallest absolute Gasteiger partial charge is 0.327 e. The van der Waals surface area contributed by atoms with E-state index in [1.54, 1.807) is 4.90 Å². The molecule has 3 saturated heterocycles. The Morgan fingerprint density at radius 1 is 1.04 bits per heavy atom. The minimum atomic E-state index is -0.641. The molecule has 0 aromatic heterocycles. The normalized spacial score (nSPS) is 34.4. The summed E-state index contributed by atoms with van der Waals surface area (Å²) in [5.41, 5.74) is -0.641. The first-order chi connectivity index (χ1) is 11.5. The van der Waals surface area contributed by atoms with Gasteiger partial charge < -0.3 is 9.80 Å². The quantitative estimate of drug-likeness (QED) is 0.726. The molecule has 4 aliphatic rings. The van der Waals surface area contributed by atoms with Crippen LogP contribution >= 0.6 is 0 Å². The van der Waals surface area contributed by atoms with Crippen molar-refractivity contribution in [2.24, 2.45) is 5.92 Å². The van der Waals surface area contributed by atoms with E-state index < -0.39 is 5.54 Å². The largest absolute Gasteiger partial charge is 0.340 e. The predicted octanol–water partition coefficient (Wildman–Crippen LogP) is 1.98. The van der Waals surface area contributed by atoms with E-state index in [1.807, 2.05) is 11.8 Å². The summed E-state index contributed by atoms with van der Waals surface area (Å²) in [6.45, 7) is 3.76. The molecule has 6 nitrogen and oxygen atoms in total. The topological polar surface area (TPSA) is 60.9 Å². The van der Waals surface area contributed by atoms with Gasteiger partial charge in [0, 0.05) is 25.6 Å². The molecule has 132 valence electrons. The lowest BCUT2D eigenvalue weighted by atomic mass is 9.88. The van der Waals surface area contributed by atoms with E-state index in [2.05, 4.69) is 0 Å². The molecule has 1 saturated carbocycles. The molecule has 24 heavy (non-hydrogen) atoms. The van der Waals surface area contributed by atoms with Gasteiger partial charge in [-0.1, -0.05) is 19.3 Å². The van der Waals surface area contributed by atoms with E-state index in [-0.39, 0.29) is 29.8 Å². The van der Waals surface area contributed by atoms with Crippen LogP contribution in [0.1, 0.15) is 58.3 Å². The molecule has 4 rings (SSSR count). The highest BCUT2D eigenvalue weighted by molar-refractivity contribution is 6.07. The molecular weight excluding hydrogens is 306 g/mol. The minimum absolute atomic E-state index is 0.0537. The number of hydrogen-bond donors (Lipinski definition) is 0. The van der Waals surface area contributed by atoms with Crippen LogP contribution in [0, 0.1) is 5.92 Å². The molecular formula is C18H27N3O3. The van der Waals surface area contributed by atoms with Gasteiger partial charge in [0.05, 0.1) is 6.04 Å². The van der Waals surface area contributed by atoms with Crippen molar-refractivity contribution in [2.75, 3.05) is 19.6 Å². The molecule has 3 heterocycles. The van der Waals surface area contributed by atoms with Crippen LogP contribution in [0.15, 0.2) is 0 Å². The second-order valence-electron chi connectivity index (χ2n) is 8.05. The first kappa shape index (κ1) is 15.9. The summed E-state index contributed by atoms with van der Waals surface area (Å²) in [5, 5.41) is 0. The van der Waals surface area contributed by atoms with Gasteiger partial charge >= 0.3 is 6.03 Å². The fourth-order valence-electron chi connectivity index (χ4n) is 5.05. The molecule has 0 unspecified atom stereocenters. The zero-order valence-corrected chi connectivity index (χ0v) is 14.5. The number of carbonyl (C=O) groups excluding carboxylic acids is 3. The zero-order chi connectivity index (χ0) is 16.9. The number of fused-ring (bicyclic) bond motifs is 1. The Hall–Kier alpha value is -1.59. The van der Waals surface area contributed by atoms with Crippen molar-refractivity contribution in [1.29, 1.82) is 0 Å². The number of carbonyl (C=O) groups is 3. The Balaban J connectivity index is 1.44. The van der Waals surface area contributed by atoms with Crippen LogP contribution in [0.25, 0.3) is 0 Å². The van der Waals surface area contributed by atoms with Crippen molar-refractivity contribution in [1.82, 2.24) is 14.7 Å². The fraction of sp³-hybridized carbons (Fsp3) is 0.833. The summed E-state index contributed by atoms with van der Waals surface area (Å²) >= 11 is 0. The number of rotatable bonds is 2. The summed E-state index contributed by atoms with van der Waals surface area (Å²) in [5.74, 6) is 0.341. The summed E-state index contributed by atoms with van der Waals surface area (Å²) < 4.78 is 0. The molecule has 0 N–H and O–H groups in total. The third kappa shape index (κ3) is 2.25. The average molecular weight is 333 g/mol. The van der Waals surface area contributed by atoms with Gasteiger partial charge in [-0.25, -0.2) is 4.79 Å². The summed E-state index contributed by atoms with van der Waals surface area (Å²) in [6, 6.07) is -0.281. The van der Waals surface area contributed by atoms with Crippen LogP contribution in [-0.2, 0) is 9.59 Å². The second kappa shape index (κ2) is 5.74. The van der Waals surface area contributed by atoms with Crippen molar-refractivity contribution in [3.8, 4) is 0 Å². The van der Waals surface area contributed by atoms with Crippen LogP contribution in [-0.4, -0.2) is 63.8 Å². The van der Waals surface area contributed by atoms with Crippen LogP contribution in [0.4, 0.5) is 4.79 Å². The standard InChI is InChI=1S/C18H27N3O3/c1-18-9-5-10-20(18)17(24)21(16(18)23)14-8-11-19(12-14)15(22)13-6-3-2-4-7-13/h13-14H,2-12H2,1H3/t14-,18+/m0/s1. The lowest BCUT2D eigenvalue weighted by Gasteiger charge is -2.27. The van der Waals surface area contributed by atoms with Crippen molar-refractivity contribution in [3.05, 3.63) is 0 Å². The number of hydrogen-bond acceptors (Lipinski definition) is 3. The van der Waals surface area contributed by atoms with Gasteiger partial charge in [0.25, 0.3) is 5.91 Å². The number of likely N-dealkylation sites (tertiary alicyclic amines) is 1. The fourth-order valence-corrected chi connectivity index (χ4v) is 5.05. The van der Waals surface area contributed by atoms with E-state index in [0.29, 0.717) is 19.6 Å². The Labute approximate surface area is 143 Å². The van der Waals surface area contributed by atoms with Crippen LogP contribution < -0.4 is 0 Å². The van der Waals surface area contributed by atoms with Gasteiger partial charge in [-0.15, -0.1) is 0 Å². The molecule has 0 bridgehead atoms. The number of nitrogens with zero attached hydrogens (tertiary/aromatic N) is 3. The van der Waals surface area contributed by atoms with E-state index in [0.717, 1.165) is 44.9 Å². The Morgan fingerprint density at radius 3 is 2.50 bits per heavy atom. The van der Waals surface area contributed by atoms with E-state index in [1.165, 1.54) is 11.3 Å². The highest BCUT2D eigenvalue weighted by atomic mass is 16.2. The Morgan fingerprint density at radius 2 is 1.79 bits per heavy atom. The monoisotopic (exact) mass is 333 g/mol. The number of amides is 4. The maximum absolute atomic E-state index is 12.8. The van der Waals surface area contributed by atoms with Gasteiger partial charge in [0.1, 0.15) is 5.54 Å². The highest BCUT2D eigenvalue weighted by Gasteiger charge is 2.58. The molecule has 0 aromatic carbocycles. The van der Waals surface area contributed by atoms with Crippen molar-refractivity contribution >= 4 is 17.8 Å². The van der Waals surface area contributed by atoms with Crippen molar-refractivity contribution in [2.45, 2.75) is 69.9 Å². The number of imide groups is 1. The van der Waals surface area contributed by atoms with Gasteiger partial charge in [-0.3, -0.25) is 14.5 Å². The maximum Gasteiger partial charge on any atom is 0.327 e. The van der Waals surface area contributed by atoms with Crippen LogP contribution in [0.2, 0.25) is 0 Å². The molecule has 0 aromatic rings. The summed E-state index contributed by atoms with van der Waals surface area (Å²) in [7, 11) is 0.